The molecular weight excluding hydrogens is 474 g/mol. The minimum atomic E-state index is -6.48. The van der Waals surface area contributed by atoms with Gasteiger partial charge in [-0.3, -0.25) is 0 Å². The van der Waals surface area contributed by atoms with Gasteiger partial charge in [-0.15, -0.1) is 0 Å². The van der Waals surface area contributed by atoms with Gasteiger partial charge in [0.25, 0.3) is 0 Å². The predicted octanol–water partition coefficient (Wildman–Crippen LogP) is 5.88. The number of anilines is 1. The Balaban J connectivity index is 3.87. The molecule has 1 aromatic rings. The van der Waals surface area contributed by atoms with Crippen LogP contribution < -0.4 is 10.4 Å². The Morgan fingerprint density at radius 2 is 1.33 bits per heavy atom. The molecule has 0 fully saturated rings. The van der Waals surface area contributed by atoms with E-state index >= 15 is 0 Å². The zero-order valence-corrected chi connectivity index (χ0v) is 18.6. The number of nitrogens with one attached hydrogen (secondary N) is 1. The van der Waals surface area contributed by atoms with Gasteiger partial charge in [-0.05, 0) is 41.5 Å². The highest BCUT2D eigenvalue weighted by Crippen LogP contribution is 2.52. The first-order chi connectivity index (χ1) is 14.4. The van der Waals surface area contributed by atoms with Crippen molar-refractivity contribution < 1.29 is 54.2 Å². The Morgan fingerprint density at radius 1 is 0.879 bits per heavy atom. The lowest BCUT2D eigenvalue weighted by Crippen LogP contribution is -2.52. The molecule has 0 bridgehead atoms. The van der Waals surface area contributed by atoms with Gasteiger partial charge in [-0.1, -0.05) is 0 Å². The summed E-state index contributed by atoms with van der Waals surface area (Å²) < 4.78 is 118. The second-order valence-corrected chi connectivity index (χ2v) is 8.85. The molecule has 0 atom stereocenters. The zero-order chi connectivity index (χ0) is 26.4. The van der Waals surface area contributed by atoms with Crippen LogP contribution in [0.15, 0.2) is 6.20 Å². The van der Waals surface area contributed by atoms with Crippen molar-refractivity contribution in [2.75, 3.05) is 5.01 Å². The monoisotopic (exact) mass is 497 g/mol. The van der Waals surface area contributed by atoms with E-state index in [2.05, 4.69) is 0 Å². The summed E-state index contributed by atoms with van der Waals surface area (Å²) >= 11 is 0. The summed E-state index contributed by atoms with van der Waals surface area (Å²) in [5, 5.41) is -0.288. The fourth-order valence-corrected chi connectivity index (χ4v) is 2.44. The third kappa shape index (κ3) is 6.87. The van der Waals surface area contributed by atoms with Crippen molar-refractivity contribution >= 4 is 18.0 Å². The first kappa shape index (κ1) is 28.3. The van der Waals surface area contributed by atoms with E-state index in [1.54, 1.807) is 5.43 Å². The minimum Gasteiger partial charge on any atom is -0.443 e. The average molecular weight is 497 g/mol. The number of halogens is 8. The van der Waals surface area contributed by atoms with E-state index in [9.17, 15) is 44.7 Å². The molecule has 0 saturated carbocycles. The highest BCUT2D eigenvalue weighted by molar-refractivity contribution is 5.91. The van der Waals surface area contributed by atoms with Crippen molar-refractivity contribution in [1.82, 2.24) is 9.99 Å². The lowest BCUT2D eigenvalue weighted by molar-refractivity contribution is -0.290. The van der Waals surface area contributed by atoms with Crippen molar-refractivity contribution in [3.05, 3.63) is 17.3 Å². The number of carbonyl (C=O) groups excluding carboxylic acids is 2. The Kier molecular flexibility index (Phi) is 7.34. The summed E-state index contributed by atoms with van der Waals surface area (Å²) in [7, 11) is 0.675. The molecule has 0 spiro atoms. The second kappa shape index (κ2) is 8.56. The lowest BCUT2D eigenvalue weighted by Gasteiger charge is -2.31. The molecule has 2 amide bonds. The maximum atomic E-state index is 14.3. The fourth-order valence-electron chi connectivity index (χ4n) is 2.44. The largest absolute Gasteiger partial charge is 0.458 e. The van der Waals surface area contributed by atoms with Crippen molar-refractivity contribution in [3.63, 3.8) is 0 Å². The highest BCUT2D eigenvalue weighted by atomic mass is 19.4. The maximum absolute atomic E-state index is 14.3. The summed E-state index contributed by atoms with van der Waals surface area (Å²) in [6.07, 6.45) is -15.5. The van der Waals surface area contributed by atoms with Crippen molar-refractivity contribution in [2.45, 2.75) is 71.0 Å². The van der Waals surface area contributed by atoms with E-state index in [4.69, 9.17) is 9.47 Å². The standard InChI is InChI=1S/C18H23F8N3O4/c1-14(2,3)32-12(30)27-29(13(31)33-15(4,5)6)11-10(16(19,20)18(24,25)26)9(8-28(11)7)17(21,22)23/h8H,1-7H3,(H,27,30). The molecule has 7 nitrogen and oxygen atoms in total. The number of hydrazine groups is 1. The lowest BCUT2D eigenvalue weighted by atomic mass is 10.0. The normalized spacial score (nSPS) is 13.5. The highest BCUT2D eigenvalue weighted by Gasteiger charge is 2.64. The molecule has 1 aromatic heterocycles. The van der Waals surface area contributed by atoms with Crippen LogP contribution in [0.3, 0.4) is 0 Å². The van der Waals surface area contributed by atoms with Gasteiger partial charge >= 0.3 is 30.5 Å². The third-order valence-corrected chi connectivity index (χ3v) is 3.52. The Bertz CT molecular complexity index is 893. The van der Waals surface area contributed by atoms with E-state index in [-0.39, 0.29) is 15.8 Å². The van der Waals surface area contributed by atoms with Crippen molar-refractivity contribution in [3.8, 4) is 0 Å². The number of hydrogen-bond donors (Lipinski definition) is 1. The van der Waals surface area contributed by atoms with Crippen LogP contribution in [-0.2, 0) is 28.6 Å². The van der Waals surface area contributed by atoms with Gasteiger partial charge in [0.15, 0.2) is 0 Å². The molecule has 1 heterocycles. The van der Waals surface area contributed by atoms with Crippen LogP contribution in [0.5, 0.6) is 0 Å². The topological polar surface area (TPSA) is 72.8 Å². The average Bonchev–Trinajstić information content (AvgIpc) is 2.86. The van der Waals surface area contributed by atoms with Gasteiger partial charge in [-0.25, -0.2) is 15.0 Å². The van der Waals surface area contributed by atoms with E-state index in [1.165, 1.54) is 41.5 Å². The molecule has 15 heteroatoms. The van der Waals surface area contributed by atoms with Crippen LogP contribution in [0.25, 0.3) is 0 Å². The third-order valence-electron chi connectivity index (χ3n) is 3.52. The van der Waals surface area contributed by atoms with Crippen LogP contribution in [0.2, 0.25) is 0 Å². The molecule has 190 valence electrons. The van der Waals surface area contributed by atoms with Gasteiger partial charge in [0.05, 0.1) is 11.1 Å². The van der Waals surface area contributed by atoms with Crippen LogP contribution in [0.4, 0.5) is 50.5 Å². The molecule has 0 radical (unpaired) electrons. The number of alkyl halides is 8. The molecule has 0 saturated heterocycles. The number of hydrogen-bond acceptors (Lipinski definition) is 4. The van der Waals surface area contributed by atoms with Gasteiger partial charge in [0.2, 0.25) is 0 Å². The summed E-state index contributed by atoms with van der Waals surface area (Å²) in [4.78, 5) is 24.8. The number of nitrogens with zero attached hydrogens (tertiary/aromatic N) is 2. The Morgan fingerprint density at radius 3 is 1.70 bits per heavy atom. The molecule has 1 rings (SSSR count). The number of ether oxygens (including phenoxy) is 2. The van der Waals surface area contributed by atoms with E-state index in [0.717, 1.165) is 0 Å². The van der Waals surface area contributed by atoms with Gasteiger partial charge in [0, 0.05) is 13.2 Å². The minimum absolute atomic E-state index is 0.0710. The fraction of sp³-hybridized carbons (Fsp3) is 0.667. The molecule has 1 N–H and O–H groups in total. The smallest absolute Gasteiger partial charge is 0.443 e. The van der Waals surface area contributed by atoms with Gasteiger partial charge in [-0.2, -0.15) is 40.1 Å². The van der Waals surface area contributed by atoms with Crippen LogP contribution in [0, 0.1) is 0 Å². The Hall–Kier alpha value is -2.74. The van der Waals surface area contributed by atoms with Crippen molar-refractivity contribution in [2.24, 2.45) is 7.05 Å². The number of aryl methyl sites for hydroxylation is 1. The maximum Gasteiger partial charge on any atom is 0.458 e. The molecule has 0 unspecified atom stereocenters. The van der Waals surface area contributed by atoms with Crippen LogP contribution >= 0.6 is 0 Å². The molecule has 33 heavy (non-hydrogen) atoms. The molecule has 0 aliphatic rings. The first-order valence-electron chi connectivity index (χ1n) is 9.13. The predicted molar refractivity (Wildman–Crippen MR) is 98.4 cm³/mol. The zero-order valence-electron chi connectivity index (χ0n) is 18.6. The Labute approximate surface area is 183 Å². The van der Waals surface area contributed by atoms with Crippen molar-refractivity contribution in [1.29, 1.82) is 0 Å². The van der Waals surface area contributed by atoms with Crippen LogP contribution in [-0.4, -0.2) is 34.1 Å². The summed E-state index contributed by atoms with van der Waals surface area (Å²) in [5.74, 6) is -7.71. The number of amides is 2. The molecule has 0 aliphatic heterocycles. The SMILES string of the molecule is Cn1cc(C(F)(F)F)c(C(F)(F)C(F)(F)F)c1N(NC(=O)OC(C)(C)C)C(=O)OC(C)(C)C. The number of carbonyl (C=O) groups is 2. The summed E-state index contributed by atoms with van der Waals surface area (Å²) in [5.41, 5.74) is -6.00. The van der Waals surface area contributed by atoms with E-state index < -0.39 is 58.6 Å². The van der Waals surface area contributed by atoms with Crippen LogP contribution in [0.1, 0.15) is 52.7 Å². The number of rotatable bonds is 2. The molecule has 0 aromatic carbocycles. The van der Waals surface area contributed by atoms with Gasteiger partial charge in [0.1, 0.15) is 17.0 Å². The molecular formula is C18H23F8N3O4. The summed E-state index contributed by atoms with van der Waals surface area (Å²) in [6.45, 7) is 7.93. The second-order valence-electron chi connectivity index (χ2n) is 8.85. The quantitative estimate of drug-likeness (QED) is 0.409. The number of aromatic nitrogens is 1. The van der Waals surface area contributed by atoms with E-state index in [1.807, 2.05) is 0 Å². The molecule has 0 aliphatic carbocycles. The van der Waals surface area contributed by atoms with Gasteiger partial charge < -0.3 is 14.0 Å². The van der Waals surface area contributed by atoms with E-state index in [0.29, 0.717) is 7.05 Å². The summed E-state index contributed by atoms with van der Waals surface area (Å²) in [6, 6.07) is 0. The first-order valence-corrected chi connectivity index (χ1v) is 9.13.